The Morgan fingerprint density at radius 2 is 2.13 bits per heavy atom. The number of nitrogens with two attached hydrogens (primary N) is 1. The fraction of sp³-hybridized carbons (Fsp3) is 0.727. The van der Waals surface area contributed by atoms with Gasteiger partial charge in [-0.05, 0) is 27.8 Å². The molecule has 0 aliphatic rings. The van der Waals surface area contributed by atoms with Crippen LogP contribution in [0.5, 0.6) is 0 Å². The third kappa shape index (κ3) is 3.05. The quantitative estimate of drug-likeness (QED) is 0.920. The van der Waals surface area contributed by atoms with Crippen molar-refractivity contribution in [2.24, 2.45) is 11.1 Å². The van der Waals surface area contributed by atoms with Gasteiger partial charge in [0.05, 0.1) is 16.7 Å². The van der Waals surface area contributed by atoms with Gasteiger partial charge in [0.2, 0.25) is 0 Å². The fourth-order valence-electron chi connectivity index (χ4n) is 1.93. The first kappa shape index (κ1) is 12.7. The minimum Gasteiger partial charge on any atom is -0.326 e. The molecule has 2 atom stereocenters. The van der Waals surface area contributed by atoms with Gasteiger partial charge in [-0.2, -0.15) is 5.10 Å². The van der Waals surface area contributed by atoms with E-state index in [1.165, 1.54) is 0 Å². The second-order valence-electron chi connectivity index (χ2n) is 5.02. The molecule has 0 amide bonds. The van der Waals surface area contributed by atoms with Gasteiger partial charge in [-0.25, -0.2) is 0 Å². The van der Waals surface area contributed by atoms with Crippen molar-refractivity contribution in [2.45, 2.75) is 46.2 Å². The van der Waals surface area contributed by atoms with Crippen LogP contribution in [0.4, 0.5) is 0 Å². The molecule has 1 heterocycles. The summed E-state index contributed by atoms with van der Waals surface area (Å²) in [6.45, 7) is 8.70. The van der Waals surface area contributed by atoms with Gasteiger partial charge in [0.15, 0.2) is 0 Å². The fourth-order valence-corrected chi connectivity index (χ4v) is 2.23. The number of aromatic nitrogens is 2. The van der Waals surface area contributed by atoms with Crippen LogP contribution >= 0.6 is 15.9 Å². The molecular weight excluding hydrogens is 254 g/mol. The van der Waals surface area contributed by atoms with E-state index in [1.54, 1.807) is 6.20 Å². The van der Waals surface area contributed by atoms with Crippen LogP contribution in [0.3, 0.4) is 0 Å². The van der Waals surface area contributed by atoms with E-state index >= 15 is 0 Å². The van der Waals surface area contributed by atoms with Crippen LogP contribution in [0.1, 0.15) is 40.2 Å². The van der Waals surface area contributed by atoms with Crippen LogP contribution in [0.15, 0.2) is 16.9 Å². The molecule has 2 N–H and O–H groups in total. The van der Waals surface area contributed by atoms with Gasteiger partial charge in [0, 0.05) is 12.2 Å². The van der Waals surface area contributed by atoms with E-state index in [4.69, 9.17) is 5.73 Å². The molecule has 0 aliphatic carbocycles. The van der Waals surface area contributed by atoms with Crippen LogP contribution in [0.25, 0.3) is 0 Å². The Morgan fingerprint density at radius 1 is 1.53 bits per heavy atom. The van der Waals surface area contributed by atoms with Crippen LogP contribution in [0, 0.1) is 5.41 Å². The monoisotopic (exact) mass is 273 g/mol. The van der Waals surface area contributed by atoms with Crippen molar-refractivity contribution in [3.63, 3.8) is 0 Å². The van der Waals surface area contributed by atoms with Crippen LogP contribution < -0.4 is 5.73 Å². The largest absolute Gasteiger partial charge is 0.326 e. The molecule has 0 spiro atoms. The van der Waals surface area contributed by atoms with Crippen molar-refractivity contribution >= 4 is 15.9 Å². The van der Waals surface area contributed by atoms with Crippen molar-refractivity contribution in [1.29, 1.82) is 0 Å². The Kier molecular flexibility index (Phi) is 3.95. The molecule has 0 aromatic carbocycles. The molecule has 4 heteroatoms. The highest BCUT2D eigenvalue weighted by atomic mass is 79.9. The number of nitrogens with zero attached hydrogens (tertiary/aromatic N) is 2. The zero-order valence-electron chi connectivity index (χ0n) is 9.87. The maximum absolute atomic E-state index is 6.17. The Bertz CT molecular complexity index is 314. The molecule has 3 nitrogen and oxygen atoms in total. The van der Waals surface area contributed by atoms with E-state index < -0.39 is 0 Å². The maximum Gasteiger partial charge on any atom is 0.0718 e. The summed E-state index contributed by atoms with van der Waals surface area (Å²) in [6, 6.07) is 0.366. The Hall–Kier alpha value is -0.350. The van der Waals surface area contributed by atoms with E-state index in [-0.39, 0.29) is 17.5 Å². The van der Waals surface area contributed by atoms with Crippen LogP contribution in [-0.4, -0.2) is 15.8 Å². The van der Waals surface area contributed by atoms with Gasteiger partial charge >= 0.3 is 0 Å². The van der Waals surface area contributed by atoms with Crippen molar-refractivity contribution in [1.82, 2.24) is 9.78 Å². The minimum atomic E-state index is 0.112. The summed E-state index contributed by atoms with van der Waals surface area (Å²) in [7, 11) is 0. The molecule has 0 saturated heterocycles. The van der Waals surface area contributed by atoms with E-state index in [2.05, 4.69) is 48.7 Å². The third-order valence-corrected chi connectivity index (χ3v) is 3.03. The molecular formula is C11H20BrN3. The highest BCUT2D eigenvalue weighted by Gasteiger charge is 2.31. The van der Waals surface area contributed by atoms with Gasteiger partial charge in [0.1, 0.15) is 0 Å². The minimum absolute atomic E-state index is 0.112. The van der Waals surface area contributed by atoms with Gasteiger partial charge in [-0.3, -0.25) is 4.68 Å². The highest BCUT2D eigenvalue weighted by molar-refractivity contribution is 9.10. The standard InChI is InChI=1S/C11H20BrN3/c1-5-9(13)10(11(2,3)4)15-7-8(12)6-14-15/h6-7,9-10H,5,13H2,1-4H3. The van der Waals surface area contributed by atoms with Crippen molar-refractivity contribution < 1.29 is 0 Å². The lowest BCUT2D eigenvalue weighted by Crippen LogP contribution is -2.40. The van der Waals surface area contributed by atoms with Gasteiger partial charge in [0.25, 0.3) is 0 Å². The van der Waals surface area contributed by atoms with E-state index in [0.717, 1.165) is 10.9 Å². The van der Waals surface area contributed by atoms with Crippen LogP contribution in [-0.2, 0) is 0 Å². The van der Waals surface area contributed by atoms with E-state index in [1.807, 2.05) is 10.9 Å². The van der Waals surface area contributed by atoms with Gasteiger partial charge < -0.3 is 5.73 Å². The molecule has 1 aromatic rings. The molecule has 0 aliphatic heterocycles. The number of hydrogen-bond acceptors (Lipinski definition) is 2. The normalized spacial score (nSPS) is 16.4. The molecule has 0 radical (unpaired) electrons. The summed E-state index contributed by atoms with van der Waals surface area (Å²) < 4.78 is 2.97. The maximum atomic E-state index is 6.17. The lowest BCUT2D eigenvalue weighted by atomic mass is 9.82. The zero-order valence-corrected chi connectivity index (χ0v) is 11.5. The van der Waals surface area contributed by atoms with Gasteiger partial charge in [-0.1, -0.05) is 27.7 Å². The number of hydrogen-bond donors (Lipinski definition) is 1. The van der Waals surface area contributed by atoms with Crippen molar-refractivity contribution in [3.8, 4) is 0 Å². The van der Waals surface area contributed by atoms with E-state index in [0.29, 0.717) is 0 Å². The summed E-state index contributed by atoms with van der Waals surface area (Å²) in [5.41, 5.74) is 6.28. The predicted molar refractivity (Wildman–Crippen MR) is 66.7 cm³/mol. The summed E-state index contributed by atoms with van der Waals surface area (Å²) in [5, 5.41) is 4.34. The Balaban J connectivity index is 3.01. The number of halogens is 1. The van der Waals surface area contributed by atoms with Gasteiger partial charge in [-0.15, -0.1) is 0 Å². The summed E-state index contributed by atoms with van der Waals surface area (Å²) in [6.07, 6.45) is 4.76. The molecule has 86 valence electrons. The summed E-state index contributed by atoms with van der Waals surface area (Å²) in [4.78, 5) is 0. The molecule has 0 fully saturated rings. The molecule has 15 heavy (non-hydrogen) atoms. The SMILES string of the molecule is CCC(N)C(n1cc(Br)cn1)C(C)(C)C. The Labute approximate surface area is 100 Å². The molecule has 0 bridgehead atoms. The summed E-state index contributed by atoms with van der Waals surface area (Å²) in [5.74, 6) is 0. The smallest absolute Gasteiger partial charge is 0.0718 e. The lowest BCUT2D eigenvalue weighted by molar-refractivity contribution is 0.186. The first-order chi connectivity index (χ1) is 6.86. The second kappa shape index (κ2) is 4.66. The highest BCUT2D eigenvalue weighted by Crippen LogP contribution is 2.33. The number of rotatable bonds is 3. The lowest BCUT2D eigenvalue weighted by Gasteiger charge is -2.35. The first-order valence-corrected chi connectivity index (χ1v) is 6.10. The second-order valence-corrected chi connectivity index (χ2v) is 5.94. The predicted octanol–water partition coefficient (Wildman–Crippen LogP) is 2.97. The van der Waals surface area contributed by atoms with Crippen molar-refractivity contribution in [2.75, 3.05) is 0 Å². The average Bonchev–Trinajstić information content (AvgIpc) is 2.49. The van der Waals surface area contributed by atoms with Crippen LogP contribution in [0.2, 0.25) is 0 Å². The summed E-state index contributed by atoms with van der Waals surface area (Å²) >= 11 is 3.41. The van der Waals surface area contributed by atoms with Crippen molar-refractivity contribution in [3.05, 3.63) is 16.9 Å². The molecule has 2 unspecified atom stereocenters. The van der Waals surface area contributed by atoms with E-state index in [9.17, 15) is 0 Å². The first-order valence-electron chi connectivity index (χ1n) is 5.31. The topological polar surface area (TPSA) is 43.8 Å². The average molecular weight is 274 g/mol. The third-order valence-electron chi connectivity index (χ3n) is 2.62. The molecule has 1 rings (SSSR count). The Morgan fingerprint density at radius 3 is 2.47 bits per heavy atom. The molecule has 0 saturated carbocycles. The zero-order chi connectivity index (χ0) is 11.6. The molecule has 1 aromatic heterocycles.